The zero-order valence-corrected chi connectivity index (χ0v) is 22.4. The molecule has 200 valence electrons. The highest BCUT2D eigenvalue weighted by Gasteiger charge is 2.33. The lowest BCUT2D eigenvalue weighted by atomic mass is 10.1. The van der Waals surface area contributed by atoms with Gasteiger partial charge in [-0.25, -0.2) is 8.78 Å². The molecule has 3 heterocycles. The van der Waals surface area contributed by atoms with Gasteiger partial charge >= 0.3 is 0 Å². The fourth-order valence-electron chi connectivity index (χ4n) is 5.07. The number of hydrogen-bond donors (Lipinski definition) is 0. The van der Waals surface area contributed by atoms with Gasteiger partial charge in [0, 0.05) is 42.8 Å². The lowest BCUT2D eigenvalue weighted by Crippen LogP contribution is -2.46. The molecule has 1 aliphatic carbocycles. The van der Waals surface area contributed by atoms with Crippen LogP contribution >= 0.6 is 0 Å². The molecule has 1 saturated heterocycles. The lowest BCUT2D eigenvalue weighted by molar-refractivity contribution is -0.119. The molecule has 1 amide bonds. The van der Waals surface area contributed by atoms with E-state index in [4.69, 9.17) is 4.74 Å². The van der Waals surface area contributed by atoms with Crippen molar-refractivity contribution in [3.63, 3.8) is 0 Å². The van der Waals surface area contributed by atoms with E-state index in [0.717, 1.165) is 69.4 Å². The van der Waals surface area contributed by atoms with Crippen molar-refractivity contribution in [1.29, 1.82) is 0 Å². The summed E-state index contributed by atoms with van der Waals surface area (Å²) >= 11 is 1.24. The Labute approximate surface area is 226 Å². The van der Waals surface area contributed by atoms with Gasteiger partial charge in [0.1, 0.15) is 11.6 Å². The fraction of sp³-hybridized carbons (Fsp3) is 0.379. The second-order valence-corrected chi connectivity index (χ2v) is 10.9. The molecule has 0 spiro atoms. The van der Waals surface area contributed by atoms with Gasteiger partial charge in [0.15, 0.2) is 5.75 Å². The molecule has 1 aromatic carbocycles. The Kier molecular flexibility index (Phi) is 8.44. The van der Waals surface area contributed by atoms with Crippen molar-refractivity contribution in [3.8, 4) is 0 Å². The highest BCUT2D eigenvalue weighted by atomic mass is 32.2. The zero-order chi connectivity index (χ0) is 26.5. The van der Waals surface area contributed by atoms with Crippen molar-refractivity contribution in [2.75, 3.05) is 31.1 Å². The molecule has 0 N–H and O–H groups in total. The van der Waals surface area contributed by atoms with Gasteiger partial charge in [-0.05, 0) is 69.0 Å². The summed E-state index contributed by atoms with van der Waals surface area (Å²) in [5.74, 6) is -0.699. The number of piperazine rings is 1. The van der Waals surface area contributed by atoms with E-state index in [1.807, 2.05) is 36.7 Å². The number of thiol groups is 1. The number of anilines is 1. The number of amides is 1. The number of carbonyl (C=O) groups is 1. The van der Waals surface area contributed by atoms with Gasteiger partial charge in [-0.15, -0.1) is 4.31 Å². The van der Waals surface area contributed by atoms with Crippen LogP contribution in [0.4, 0.5) is 14.5 Å². The molecule has 9 heteroatoms. The number of benzene rings is 1. The largest absolute Gasteiger partial charge is 0.483 e. The molecule has 0 bridgehead atoms. The predicted molar refractivity (Wildman–Crippen MR) is 147 cm³/mol. The van der Waals surface area contributed by atoms with Gasteiger partial charge in [0.2, 0.25) is 5.76 Å². The predicted octanol–water partition coefficient (Wildman–Crippen LogP) is 4.88. The number of hydrogen-bond acceptors (Lipinski definition) is 5. The number of allylic oxidation sites excluding steroid dienone is 4. The van der Waals surface area contributed by atoms with Gasteiger partial charge in [-0.2, -0.15) is 0 Å². The first-order valence-corrected chi connectivity index (χ1v) is 14.1. The normalized spacial score (nSPS) is 19.6. The van der Waals surface area contributed by atoms with Crippen LogP contribution in [0.25, 0.3) is 0 Å². The third kappa shape index (κ3) is 6.27. The van der Waals surface area contributed by atoms with Gasteiger partial charge in [-0.1, -0.05) is 6.08 Å². The smallest absolute Gasteiger partial charge is 0.299 e. The second-order valence-electron chi connectivity index (χ2n) is 9.77. The molecule has 0 atom stereocenters. The number of carbonyl (C=O) groups excluding carboxylic acids is 1. The van der Waals surface area contributed by atoms with Crippen molar-refractivity contribution in [2.45, 2.75) is 44.5 Å². The summed E-state index contributed by atoms with van der Waals surface area (Å²) in [6.07, 6.45) is 13.1. The highest BCUT2D eigenvalue weighted by Crippen LogP contribution is 2.31. The van der Waals surface area contributed by atoms with E-state index in [1.165, 1.54) is 34.5 Å². The van der Waals surface area contributed by atoms with Crippen molar-refractivity contribution in [2.24, 2.45) is 0 Å². The first-order valence-electron chi connectivity index (χ1n) is 13.1. The summed E-state index contributed by atoms with van der Waals surface area (Å²) in [5, 5.41) is 0. The Balaban J connectivity index is 1.40. The maximum atomic E-state index is 14.1. The number of aromatic nitrogens is 1. The first kappa shape index (κ1) is 26.4. The van der Waals surface area contributed by atoms with Crippen LogP contribution in [0.5, 0.6) is 0 Å². The van der Waals surface area contributed by atoms with Crippen LogP contribution in [0.3, 0.4) is 0 Å². The molecule has 6 nitrogen and oxygen atoms in total. The van der Waals surface area contributed by atoms with Crippen molar-refractivity contribution >= 4 is 23.5 Å². The molecule has 2 aromatic rings. The van der Waals surface area contributed by atoms with Gasteiger partial charge < -0.3 is 9.64 Å². The van der Waals surface area contributed by atoms with Gasteiger partial charge in [0.25, 0.3) is 5.91 Å². The SMILES string of the molecule is CC1=CC=CC(N2CCN([SH+]Cc3ccncc3)CC2)=C(OC2CCCC2)C(=O)N1c1cc(F)cc(F)c1. The second kappa shape index (κ2) is 12.1. The monoisotopic (exact) mass is 539 g/mol. The molecule has 1 aromatic heterocycles. The number of pyridine rings is 1. The topological polar surface area (TPSA) is 48.9 Å². The fourth-order valence-corrected chi connectivity index (χ4v) is 6.11. The maximum Gasteiger partial charge on any atom is 0.299 e. The molecular weight excluding hydrogens is 506 g/mol. The summed E-state index contributed by atoms with van der Waals surface area (Å²) in [6.45, 7) is 4.94. The summed E-state index contributed by atoms with van der Waals surface area (Å²) in [7, 11) is 0. The van der Waals surface area contributed by atoms with E-state index >= 15 is 0 Å². The third-order valence-corrected chi connectivity index (χ3v) is 8.37. The summed E-state index contributed by atoms with van der Waals surface area (Å²) in [4.78, 5) is 21.7. The molecular formula is C29H33F2N4O2S+. The molecule has 38 heavy (non-hydrogen) atoms. The quantitative estimate of drug-likeness (QED) is 0.371. The van der Waals surface area contributed by atoms with Crippen LogP contribution in [-0.2, 0) is 27.2 Å². The van der Waals surface area contributed by atoms with Crippen molar-refractivity contribution in [3.05, 3.63) is 95.3 Å². The van der Waals surface area contributed by atoms with Gasteiger partial charge in [-0.3, -0.25) is 14.7 Å². The molecule has 5 rings (SSSR count). The van der Waals surface area contributed by atoms with Gasteiger partial charge in [0.05, 0.1) is 42.5 Å². The molecule has 0 unspecified atom stereocenters. The minimum absolute atomic E-state index is 0.0488. The molecule has 2 aliphatic heterocycles. The maximum absolute atomic E-state index is 14.1. The molecule has 2 fully saturated rings. The van der Waals surface area contributed by atoms with E-state index in [9.17, 15) is 13.6 Å². The Morgan fingerprint density at radius 2 is 1.71 bits per heavy atom. The highest BCUT2D eigenvalue weighted by molar-refractivity contribution is 7.75. The number of nitrogens with zero attached hydrogens (tertiary/aromatic N) is 4. The van der Waals surface area contributed by atoms with E-state index in [2.05, 4.69) is 14.2 Å². The molecule has 0 radical (unpaired) electrons. The Bertz CT molecular complexity index is 1220. The number of rotatable bonds is 7. The van der Waals surface area contributed by atoms with Crippen LogP contribution in [0.2, 0.25) is 0 Å². The number of halogens is 2. The van der Waals surface area contributed by atoms with E-state index in [-0.39, 0.29) is 17.6 Å². The number of ether oxygens (including phenoxy) is 1. The van der Waals surface area contributed by atoms with Crippen LogP contribution in [0, 0.1) is 11.6 Å². The van der Waals surface area contributed by atoms with Crippen LogP contribution < -0.4 is 4.90 Å². The summed E-state index contributed by atoms with van der Waals surface area (Å²) in [6, 6.07) is 7.24. The average molecular weight is 540 g/mol. The average Bonchev–Trinajstić information content (AvgIpc) is 3.42. The molecule has 1 saturated carbocycles. The van der Waals surface area contributed by atoms with Crippen molar-refractivity contribution < 1.29 is 18.3 Å². The third-order valence-electron chi connectivity index (χ3n) is 7.07. The Hall–Kier alpha value is -3.17. The summed E-state index contributed by atoms with van der Waals surface area (Å²) in [5.41, 5.74) is 2.67. The standard InChI is InChI=1S/C29H32F2N4O2S/c1-21-5-4-8-27(33-13-15-34(16-14-33)38-20-22-9-11-32-12-10-22)28(37-26-6-2-3-7-26)29(36)35(21)25-18-23(30)17-24(31)19-25/h4-5,8-12,17-19,26H,2-3,6-7,13-16,20H2,1H3/p+1. The van der Waals surface area contributed by atoms with Crippen LogP contribution in [-0.4, -0.2) is 52.4 Å². The van der Waals surface area contributed by atoms with E-state index in [0.29, 0.717) is 5.70 Å². The van der Waals surface area contributed by atoms with Crippen LogP contribution in [0.15, 0.2) is 78.1 Å². The van der Waals surface area contributed by atoms with E-state index in [1.54, 1.807) is 13.0 Å². The minimum atomic E-state index is -0.734. The Morgan fingerprint density at radius 3 is 2.39 bits per heavy atom. The van der Waals surface area contributed by atoms with E-state index < -0.39 is 17.5 Å². The van der Waals surface area contributed by atoms with Crippen LogP contribution in [0.1, 0.15) is 38.2 Å². The van der Waals surface area contributed by atoms with Crippen molar-refractivity contribution in [1.82, 2.24) is 14.2 Å². The zero-order valence-electron chi connectivity index (χ0n) is 21.5. The Morgan fingerprint density at radius 1 is 1.03 bits per heavy atom. The summed E-state index contributed by atoms with van der Waals surface area (Å²) < 4.78 is 37.1. The first-order chi connectivity index (χ1) is 18.5. The lowest BCUT2D eigenvalue weighted by Gasteiger charge is -2.35. The minimum Gasteiger partial charge on any atom is -0.483 e. The molecule has 3 aliphatic rings.